The number of nitrogens with one attached hydrogen (secondary N) is 1. The second-order valence-electron chi connectivity index (χ2n) is 3.61. The maximum Gasteiger partial charge on any atom is 0.352 e. The smallest absolute Gasteiger partial charge is 0.352 e. The predicted molar refractivity (Wildman–Crippen MR) is 67.3 cm³/mol. The summed E-state index contributed by atoms with van der Waals surface area (Å²) in [6, 6.07) is 0. The van der Waals surface area contributed by atoms with Crippen molar-refractivity contribution in [3.63, 3.8) is 0 Å². The molecule has 0 aliphatic carbocycles. The Bertz CT molecular complexity index is 399. The SMILES string of the molecule is CCCCOCCNc1ncnc(N)c1[N+](=O)[O-]. The summed E-state index contributed by atoms with van der Waals surface area (Å²) in [5, 5.41) is 13.6. The summed E-state index contributed by atoms with van der Waals surface area (Å²) in [5.74, 6) is -0.0315. The lowest BCUT2D eigenvalue weighted by Crippen LogP contribution is -2.13. The fourth-order valence-corrected chi connectivity index (χ4v) is 1.29. The number of nitro groups is 1. The maximum atomic E-state index is 10.8. The number of hydrogen-bond acceptors (Lipinski definition) is 7. The molecule has 0 aliphatic rings. The van der Waals surface area contributed by atoms with Crippen molar-refractivity contribution in [2.75, 3.05) is 30.8 Å². The molecule has 1 aromatic heterocycles. The molecule has 100 valence electrons. The number of unbranched alkanes of at least 4 members (excludes halogenated alkanes) is 1. The van der Waals surface area contributed by atoms with Gasteiger partial charge in [-0.05, 0) is 6.42 Å². The van der Waals surface area contributed by atoms with Crippen LogP contribution in [-0.4, -0.2) is 34.6 Å². The van der Waals surface area contributed by atoms with E-state index >= 15 is 0 Å². The third-order valence-corrected chi connectivity index (χ3v) is 2.21. The van der Waals surface area contributed by atoms with Gasteiger partial charge in [-0.15, -0.1) is 0 Å². The van der Waals surface area contributed by atoms with Crippen LogP contribution in [0.15, 0.2) is 6.33 Å². The number of rotatable bonds is 8. The van der Waals surface area contributed by atoms with Crippen LogP contribution in [0.4, 0.5) is 17.3 Å². The van der Waals surface area contributed by atoms with Gasteiger partial charge in [-0.3, -0.25) is 10.1 Å². The molecular weight excluding hydrogens is 238 g/mol. The number of nitrogens with zero attached hydrogens (tertiary/aromatic N) is 3. The van der Waals surface area contributed by atoms with Crippen LogP contribution in [0.25, 0.3) is 0 Å². The van der Waals surface area contributed by atoms with E-state index in [0.717, 1.165) is 12.8 Å². The van der Waals surface area contributed by atoms with Crippen LogP contribution in [0, 0.1) is 10.1 Å². The minimum Gasteiger partial charge on any atom is -0.380 e. The lowest BCUT2D eigenvalue weighted by Gasteiger charge is -2.07. The van der Waals surface area contributed by atoms with Crippen LogP contribution in [0.2, 0.25) is 0 Å². The first-order valence-electron chi connectivity index (χ1n) is 5.73. The molecule has 0 fully saturated rings. The lowest BCUT2D eigenvalue weighted by atomic mass is 10.4. The number of anilines is 2. The highest BCUT2D eigenvalue weighted by atomic mass is 16.6. The average Bonchev–Trinajstić information content (AvgIpc) is 2.33. The molecule has 8 nitrogen and oxygen atoms in total. The minimum atomic E-state index is -0.602. The first-order chi connectivity index (χ1) is 8.66. The highest BCUT2D eigenvalue weighted by Gasteiger charge is 2.20. The van der Waals surface area contributed by atoms with Gasteiger partial charge in [0.2, 0.25) is 11.6 Å². The molecule has 0 aromatic carbocycles. The van der Waals surface area contributed by atoms with Crippen molar-refractivity contribution in [3.05, 3.63) is 16.4 Å². The number of aromatic nitrogens is 2. The Labute approximate surface area is 105 Å². The van der Waals surface area contributed by atoms with Gasteiger partial charge in [0.1, 0.15) is 6.33 Å². The molecule has 0 aliphatic heterocycles. The molecule has 0 saturated carbocycles. The second kappa shape index (κ2) is 7.38. The predicted octanol–water partition coefficient (Wildman–Crippen LogP) is 1.20. The van der Waals surface area contributed by atoms with Crippen LogP contribution in [0.5, 0.6) is 0 Å². The van der Waals surface area contributed by atoms with E-state index < -0.39 is 4.92 Å². The van der Waals surface area contributed by atoms with E-state index in [1.165, 1.54) is 6.33 Å². The van der Waals surface area contributed by atoms with Crippen molar-refractivity contribution in [1.82, 2.24) is 9.97 Å². The summed E-state index contributed by atoms with van der Waals surface area (Å²) in [7, 11) is 0. The Hall–Kier alpha value is -1.96. The molecule has 8 heteroatoms. The zero-order valence-electron chi connectivity index (χ0n) is 10.3. The molecule has 0 atom stereocenters. The number of hydrogen-bond donors (Lipinski definition) is 2. The monoisotopic (exact) mass is 255 g/mol. The molecule has 3 N–H and O–H groups in total. The fraction of sp³-hybridized carbons (Fsp3) is 0.600. The van der Waals surface area contributed by atoms with Crippen molar-refractivity contribution in [2.24, 2.45) is 0 Å². The van der Waals surface area contributed by atoms with Crippen molar-refractivity contribution in [2.45, 2.75) is 19.8 Å². The molecule has 1 rings (SSSR count). The molecule has 0 bridgehead atoms. The van der Waals surface area contributed by atoms with Crippen molar-refractivity contribution in [3.8, 4) is 0 Å². The zero-order valence-corrected chi connectivity index (χ0v) is 10.3. The molecule has 0 amide bonds. The Kier molecular flexibility index (Phi) is 5.78. The summed E-state index contributed by atoms with van der Waals surface area (Å²) in [4.78, 5) is 17.6. The molecule has 1 aromatic rings. The topological polar surface area (TPSA) is 116 Å². The summed E-state index contributed by atoms with van der Waals surface area (Å²) in [5.41, 5.74) is 5.13. The van der Waals surface area contributed by atoms with Gasteiger partial charge in [0, 0.05) is 13.2 Å². The highest BCUT2D eigenvalue weighted by molar-refractivity contribution is 5.67. The van der Waals surface area contributed by atoms with Crippen molar-refractivity contribution in [1.29, 1.82) is 0 Å². The maximum absolute atomic E-state index is 10.8. The summed E-state index contributed by atoms with van der Waals surface area (Å²) in [6.45, 7) is 3.66. The van der Waals surface area contributed by atoms with E-state index in [9.17, 15) is 10.1 Å². The molecule has 0 spiro atoms. The van der Waals surface area contributed by atoms with Crippen LogP contribution >= 0.6 is 0 Å². The van der Waals surface area contributed by atoms with Gasteiger partial charge in [0.25, 0.3) is 0 Å². The molecule has 1 heterocycles. The van der Waals surface area contributed by atoms with Crippen molar-refractivity contribution >= 4 is 17.3 Å². The third kappa shape index (κ3) is 4.13. The molecule has 0 radical (unpaired) electrons. The standard InChI is InChI=1S/C10H17N5O3/c1-2-3-5-18-6-4-12-10-8(15(16)17)9(11)13-7-14-10/h7H,2-6H2,1H3,(H3,11,12,13,14). The summed E-state index contributed by atoms with van der Waals surface area (Å²) >= 11 is 0. The van der Waals surface area contributed by atoms with Gasteiger partial charge in [0.15, 0.2) is 0 Å². The fourth-order valence-electron chi connectivity index (χ4n) is 1.29. The summed E-state index contributed by atoms with van der Waals surface area (Å²) in [6.07, 6.45) is 3.25. The lowest BCUT2D eigenvalue weighted by molar-refractivity contribution is -0.383. The second-order valence-corrected chi connectivity index (χ2v) is 3.61. The molecule has 18 heavy (non-hydrogen) atoms. The van der Waals surface area contributed by atoms with Gasteiger partial charge in [-0.1, -0.05) is 13.3 Å². The number of nitrogen functional groups attached to an aromatic ring is 1. The Morgan fingerprint density at radius 3 is 2.94 bits per heavy atom. The van der Waals surface area contributed by atoms with Crippen molar-refractivity contribution < 1.29 is 9.66 Å². The van der Waals surface area contributed by atoms with Crippen LogP contribution in [0.1, 0.15) is 19.8 Å². The van der Waals surface area contributed by atoms with Crippen LogP contribution < -0.4 is 11.1 Å². The number of ether oxygens (including phenoxy) is 1. The van der Waals surface area contributed by atoms with Gasteiger partial charge >= 0.3 is 5.69 Å². The molecule has 0 unspecified atom stereocenters. The Balaban J connectivity index is 2.47. The molecular formula is C10H17N5O3. The van der Waals surface area contributed by atoms with E-state index in [4.69, 9.17) is 10.5 Å². The van der Waals surface area contributed by atoms with E-state index in [2.05, 4.69) is 22.2 Å². The quantitative estimate of drug-likeness (QED) is 0.407. The minimum absolute atomic E-state index is 0.117. The van der Waals surface area contributed by atoms with Crippen LogP contribution in [0.3, 0.4) is 0 Å². The molecule has 0 saturated heterocycles. The first-order valence-corrected chi connectivity index (χ1v) is 5.73. The average molecular weight is 255 g/mol. The van der Waals surface area contributed by atoms with E-state index in [0.29, 0.717) is 19.8 Å². The van der Waals surface area contributed by atoms with E-state index in [1.54, 1.807) is 0 Å². The van der Waals surface area contributed by atoms with Gasteiger partial charge < -0.3 is 15.8 Å². The summed E-state index contributed by atoms with van der Waals surface area (Å²) < 4.78 is 5.32. The Morgan fingerprint density at radius 1 is 1.50 bits per heavy atom. The number of nitrogens with two attached hydrogens (primary N) is 1. The highest BCUT2D eigenvalue weighted by Crippen LogP contribution is 2.25. The third-order valence-electron chi connectivity index (χ3n) is 2.21. The first kappa shape index (κ1) is 14.1. The van der Waals surface area contributed by atoms with E-state index in [-0.39, 0.29) is 17.3 Å². The largest absolute Gasteiger partial charge is 0.380 e. The zero-order chi connectivity index (χ0) is 13.4. The van der Waals surface area contributed by atoms with Crippen LogP contribution in [-0.2, 0) is 4.74 Å². The van der Waals surface area contributed by atoms with Gasteiger partial charge in [0.05, 0.1) is 11.5 Å². The van der Waals surface area contributed by atoms with E-state index in [1.807, 2.05) is 0 Å². The van der Waals surface area contributed by atoms with Gasteiger partial charge in [-0.2, -0.15) is 0 Å². The normalized spacial score (nSPS) is 10.3. The Morgan fingerprint density at radius 2 is 2.28 bits per heavy atom. The van der Waals surface area contributed by atoms with Gasteiger partial charge in [-0.25, -0.2) is 9.97 Å².